The molecule has 2 aliphatic heterocycles. The fourth-order valence-corrected chi connectivity index (χ4v) is 4.06. The van der Waals surface area contributed by atoms with Crippen LogP contribution < -0.4 is 0 Å². The summed E-state index contributed by atoms with van der Waals surface area (Å²) in [6.07, 6.45) is 10.1. The lowest BCUT2D eigenvalue weighted by Crippen LogP contribution is -2.34. The lowest BCUT2D eigenvalue weighted by atomic mass is 9.84. The predicted octanol–water partition coefficient (Wildman–Crippen LogP) is 4.64. The van der Waals surface area contributed by atoms with Crippen LogP contribution in [0.2, 0.25) is 0 Å². The Morgan fingerprint density at radius 3 is 2.87 bits per heavy atom. The minimum Gasteiger partial charge on any atom is -0.508 e. The number of allylic oxidation sites excluding steroid dienone is 4. The number of benzene rings is 1. The molecule has 6 nitrogen and oxygen atoms in total. The Labute approximate surface area is 182 Å². The summed E-state index contributed by atoms with van der Waals surface area (Å²) in [6, 6.07) is 4.21. The molecule has 31 heavy (non-hydrogen) atoms. The van der Waals surface area contributed by atoms with Crippen LogP contribution in [-0.4, -0.2) is 41.8 Å². The van der Waals surface area contributed by atoms with Crippen molar-refractivity contribution in [2.75, 3.05) is 13.2 Å². The Kier molecular flexibility index (Phi) is 6.12. The van der Waals surface area contributed by atoms with E-state index in [0.717, 1.165) is 37.9 Å². The summed E-state index contributed by atoms with van der Waals surface area (Å²) in [5.74, 6) is -0.629. The van der Waals surface area contributed by atoms with Gasteiger partial charge in [0, 0.05) is 17.7 Å². The van der Waals surface area contributed by atoms with Gasteiger partial charge in [-0.25, -0.2) is 0 Å². The van der Waals surface area contributed by atoms with Gasteiger partial charge in [0.25, 0.3) is 0 Å². The molecule has 1 saturated heterocycles. The monoisotopic (exact) mass is 424 g/mol. The van der Waals surface area contributed by atoms with E-state index in [-0.39, 0.29) is 40.5 Å². The van der Waals surface area contributed by atoms with Crippen LogP contribution in [0.25, 0.3) is 0 Å². The lowest BCUT2D eigenvalue weighted by Gasteiger charge is -2.34. The third kappa shape index (κ3) is 4.65. The zero-order chi connectivity index (χ0) is 22.0. The van der Waals surface area contributed by atoms with Crippen LogP contribution in [-0.2, 0) is 14.2 Å². The highest BCUT2D eigenvalue weighted by molar-refractivity contribution is 6.27. The largest absolute Gasteiger partial charge is 0.508 e. The normalized spacial score (nSPS) is 25.9. The van der Waals surface area contributed by atoms with Crippen LogP contribution in [0.4, 0.5) is 0 Å². The van der Waals surface area contributed by atoms with Gasteiger partial charge in [-0.1, -0.05) is 11.6 Å². The number of ether oxygens (including phenoxy) is 3. The van der Waals surface area contributed by atoms with Crippen LogP contribution in [0.15, 0.2) is 53.3 Å². The molecule has 1 aliphatic carbocycles. The van der Waals surface area contributed by atoms with Gasteiger partial charge in [0.15, 0.2) is 17.8 Å². The smallest absolute Gasteiger partial charge is 0.229 e. The van der Waals surface area contributed by atoms with Crippen molar-refractivity contribution in [3.63, 3.8) is 0 Å². The second-order valence-corrected chi connectivity index (χ2v) is 8.58. The van der Waals surface area contributed by atoms with E-state index in [1.807, 2.05) is 19.9 Å². The predicted molar refractivity (Wildman–Crippen MR) is 115 cm³/mol. The standard InChI is InChI=1S/C25H28O6/c1-16(15-30-21-7-3-4-13-29-21)6-5-11-25(2)12-10-19-22(27)18-9-8-17(26)14-20(18)23(28)24(19)31-25/h6,8-10,12,14,21,26H,3-5,7,11,13,15H2,1-2H3/b16-6-. The lowest BCUT2D eigenvalue weighted by molar-refractivity contribution is -0.156. The van der Waals surface area contributed by atoms with Gasteiger partial charge >= 0.3 is 0 Å². The van der Waals surface area contributed by atoms with Crippen molar-refractivity contribution >= 4 is 11.6 Å². The van der Waals surface area contributed by atoms with Crippen LogP contribution in [0.5, 0.6) is 5.75 Å². The Morgan fingerprint density at radius 1 is 1.26 bits per heavy atom. The van der Waals surface area contributed by atoms with Gasteiger partial charge in [0.1, 0.15) is 11.4 Å². The molecule has 1 fully saturated rings. The molecule has 1 aromatic rings. The Morgan fingerprint density at radius 2 is 2.10 bits per heavy atom. The number of fused-ring (bicyclic) bond motifs is 1. The van der Waals surface area contributed by atoms with Gasteiger partial charge in [0.2, 0.25) is 5.78 Å². The van der Waals surface area contributed by atoms with Gasteiger partial charge in [-0.05, 0) is 76.3 Å². The van der Waals surface area contributed by atoms with Crippen molar-refractivity contribution in [2.24, 2.45) is 0 Å². The summed E-state index contributed by atoms with van der Waals surface area (Å²) in [5, 5.41) is 9.73. The number of Topliss-reactive ketones (excluding diaryl/α,β-unsaturated/α-hetero) is 2. The van der Waals surface area contributed by atoms with Gasteiger partial charge in [-0.15, -0.1) is 0 Å². The molecule has 0 aromatic heterocycles. The second kappa shape index (κ2) is 8.81. The molecule has 2 unspecified atom stereocenters. The first kappa shape index (κ1) is 21.5. The molecule has 0 bridgehead atoms. The highest BCUT2D eigenvalue weighted by Crippen LogP contribution is 2.37. The fourth-order valence-electron chi connectivity index (χ4n) is 4.06. The third-order valence-electron chi connectivity index (χ3n) is 5.89. The number of ketones is 2. The summed E-state index contributed by atoms with van der Waals surface area (Å²) in [7, 11) is 0. The van der Waals surface area contributed by atoms with E-state index >= 15 is 0 Å². The molecule has 1 aromatic carbocycles. The first-order chi connectivity index (χ1) is 14.9. The molecule has 2 heterocycles. The highest BCUT2D eigenvalue weighted by Gasteiger charge is 2.39. The zero-order valence-electron chi connectivity index (χ0n) is 18.0. The summed E-state index contributed by atoms with van der Waals surface area (Å²) >= 11 is 0. The molecule has 0 spiro atoms. The topological polar surface area (TPSA) is 82.1 Å². The number of rotatable bonds is 6. The van der Waals surface area contributed by atoms with Gasteiger partial charge < -0.3 is 19.3 Å². The maximum atomic E-state index is 12.9. The van der Waals surface area contributed by atoms with E-state index in [1.165, 1.54) is 18.2 Å². The van der Waals surface area contributed by atoms with Crippen LogP contribution in [0.1, 0.15) is 66.7 Å². The molecular weight excluding hydrogens is 396 g/mol. The summed E-state index contributed by atoms with van der Waals surface area (Å²) < 4.78 is 17.4. The van der Waals surface area contributed by atoms with Crippen molar-refractivity contribution < 1.29 is 28.9 Å². The Bertz CT molecular complexity index is 980. The molecule has 0 amide bonds. The van der Waals surface area contributed by atoms with Crippen molar-refractivity contribution in [2.45, 2.75) is 57.8 Å². The fraction of sp³-hybridized carbons (Fsp3) is 0.440. The van der Waals surface area contributed by atoms with E-state index in [9.17, 15) is 14.7 Å². The number of hydrogen-bond acceptors (Lipinski definition) is 6. The minimum absolute atomic E-state index is 0.0560. The highest BCUT2D eigenvalue weighted by atomic mass is 16.7. The van der Waals surface area contributed by atoms with Gasteiger partial charge in [-0.2, -0.15) is 0 Å². The summed E-state index contributed by atoms with van der Waals surface area (Å²) in [4.78, 5) is 25.7. The van der Waals surface area contributed by atoms with E-state index < -0.39 is 5.60 Å². The van der Waals surface area contributed by atoms with E-state index in [4.69, 9.17) is 14.2 Å². The molecule has 3 aliphatic rings. The number of carbonyl (C=O) groups is 2. The minimum atomic E-state index is -0.701. The maximum absolute atomic E-state index is 12.9. The second-order valence-electron chi connectivity index (χ2n) is 8.58. The first-order valence-corrected chi connectivity index (χ1v) is 10.8. The van der Waals surface area contributed by atoms with Crippen LogP contribution >= 0.6 is 0 Å². The molecular formula is C25H28O6. The zero-order valence-corrected chi connectivity index (χ0v) is 18.0. The average Bonchev–Trinajstić information content (AvgIpc) is 2.76. The van der Waals surface area contributed by atoms with Crippen molar-refractivity contribution in [3.8, 4) is 5.75 Å². The van der Waals surface area contributed by atoms with E-state index in [0.29, 0.717) is 18.6 Å². The van der Waals surface area contributed by atoms with Crippen LogP contribution in [0.3, 0.4) is 0 Å². The number of aromatic hydroxyl groups is 1. The van der Waals surface area contributed by atoms with Crippen molar-refractivity contribution in [1.82, 2.24) is 0 Å². The Hall–Kier alpha value is -2.70. The Balaban J connectivity index is 1.38. The van der Waals surface area contributed by atoms with Crippen LogP contribution in [0, 0.1) is 0 Å². The first-order valence-electron chi connectivity index (χ1n) is 10.8. The molecule has 4 rings (SSSR count). The molecule has 2 atom stereocenters. The van der Waals surface area contributed by atoms with Crippen molar-refractivity contribution in [1.29, 1.82) is 0 Å². The quantitative estimate of drug-likeness (QED) is 0.670. The third-order valence-corrected chi connectivity index (χ3v) is 5.89. The molecule has 0 saturated carbocycles. The number of carbonyl (C=O) groups excluding carboxylic acids is 2. The van der Waals surface area contributed by atoms with E-state index in [2.05, 4.69) is 6.08 Å². The molecule has 0 radical (unpaired) electrons. The van der Waals surface area contributed by atoms with Gasteiger partial charge in [-0.3, -0.25) is 9.59 Å². The van der Waals surface area contributed by atoms with Crippen molar-refractivity contribution in [3.05, 3.63) is 64.5 Å². The summed E-state index contributed by atoms with van der Waals surface area (Å²) in [5.41, 5.74) is 1.16. The molecule has 164 valence electrons. The molecule has 6 heteroatoms. The van der Waals surface area contributed by atoms with Gasteiger partial charge in [0.05, 0.1) is 12.2 Å². The van der Waals surface area contributed by atoms with E-state index in [1.54, 1.807) is 6.08 Å². The number of hydrogen-bond donors (Lipinski definition) is 1. The molecule has 1 N–H and O–H groups in total. The summed E-state index contributed by atoms with van der Waals surface area (Å²) in [6.45, 7) is 5.22. The average molecular weight is 424 g/mol. The SMILES string of the molecule is C/C(=C/CCC1(C)C=CC2=C(O1)C(=O)c1cc(O)ccc1C2=O)COC1CCCCO1. The maximum Gasteiger partial charge on any atom is 0.229 e. The number of phenols is 1. The number of phenolic OH excluding ortho intramolecular Hbond substituents is 1.